The molecule has 0 amide bonds. The Balaban J connectivity index is 3.00. The van der Waals surface area contributed by atoms with Crippen LogP contribution in [0, 0.1) is 10.1 Å². The first kappa shape index (κ1) is 10.9. The minimum Gasteiger partial charge on any atom is -0.281 e. The van der Waals surface area contributed by atoms with Gasteiger partial charge in [-0.05, 0) is 23.2 Å². The summed E-state index contributed by atoms with van der Waals surface area (Å²) in [5.74, 6) is 0. The number of nitro groups is 1. The van der Waals surface area contributed by atoms with Gasteiger partial charge >= 0.3 is 0 Å². The van der Waals surface area contributed by atoms with E-state index in [2.05, 4.69) is 0 Å². The Bertz CT molecular complexity index is 392. The summed E-state index contributed by atoms with van der Waals surface area (Å²) in [5, 5.41) is 9.86. The van der Waals surface area contributed by atoms with E-state index in [0.29, 0.717) is 5.56 Å². The number of carbonyl (C=O) groups is 1. The molecule has 0 spiro atoms. The second kappa shape index (κ2) is 4.39. The van der Waals surface area contributed by atoms with Crippen molar-refractivity contribution in [2.24, 2.45) is 0 Å². The highest BCUT2D eigenvalue weighted by Crippen LogP contribution is 2.25. The summed E-state index contributed by atoms with van der Waals surface area (Å²) in [6.07, 6.45) is 0.0132. The summed E-state index contributed by atoms with van der Waals surface area (Å²) in [7, 11) is 0. The predicted molar refractivity (Wildman–Crippen MR) is 52.7 cm³/mol. The van der Waals surface area contributed by atoms with Crippen molar-refractivity contribution in [3.05, 3.63) is 38.9 Å². The third-order valence-corrected chi connectivity index (χ3v) is 1.99. The van der Waals surface area contributed by atoms with Crippen molar-refractivity contribution in [3.8, 4) is 0 Å². The van der Waals surface area contributed by atoms with Gasteiger partial charge in [0.25, 0.3) is 5.69 Å². The van der Waals surface area contributed by atoms with Crippen LogP contribution in [0.2, 0.25) is 5.02 Å². The van der Waals surface area contributed by atoms with E-state index in [9.17, 15) is 14.9 Å². The Hall–Kier alpha value is -1.13. The van der Waals surface area contributed by atoms with Crippen LogP contribution in [-0.2, 0) is 11.2 Å². The normalized spacial score (nSPS) is 9.86. The van der Waals surface area contributed by atoms with E-state index in [4.69, 9.17) is 23.2 Å². The molecule has 0 heterocycles. The fraction of sp³-hybridized carbons (Fsp3) is 0.125. The minimum absolute atomic E-state index is 0.00502. The van der Waals surface area contributed by atoms with E-state index in [1.54, 1.807) is 0 Å². The highest BCUT2D eigenvalue weighted by Gasteiger charge is 2.12. The smallest absolute Gasteiger partial charge is 0.281 e. The first-order valence-corrected chi connectivity index (χ1v) is 4.37. The molecule has 0 N–H and O–H groups in total. The zero-order valence-corrected chi connectivity index (χ0v) is 8.38. The quantitative estimate of drug-likeness (QED) is 0.458. The molecule has 4 nitrogen and oxygen atoms in total. The van der Waals surface area contributed by atoms with Gasteiger partial charge in [0.1, 0.15) is 5.02 Å². The molecule has 1 aromatic rings. The molecule has 1 aromatic carbocycles. The molecular weight excluding hydrogens is 229 g/mol. The Labute approximate surface area is 89.6 Å². The Kier molecular flexibility index (Phi) is 3.43. The van der Waals surface area contributed by atoms with Crippen molar-refractivity contribution < 1.29 is 9.72 Å². The third kappa shape index (κ3) is 2.68. The summed E-state index contributed by atoms with van der Waals surface area (Å²) >= 11 is 10.8. The minimum atomic E-state index is -0.589. The van der Waals surface area contributed by atoms with Crippen molar-refractivity contribution in [3.63, 3.8) is 0 Å². The van der Waals surface area contributed by atoms with Crippen LogP contribution in [0.1, 0.15) is 5.56 Å². The molecular formula is C8H5Cl2NO3. The molecule has 0 radical (unpaired) electrons. The van der Waals surface area contributed by atoms with Gasteiger partial charge in [-0.15, -0.1) is 0 Å². The summed E-state index contributed by atoms with van der Waals surface area (Å²) in [5.41, 5.74) is 0.373. The largest absolute Gasteiger partial charge is 0.287 e. The maximum atomic E-state index is 10.5. The average Bonchev–Trinajstić information content (AvgIpc) is 2.01. The molecule has 74 valence electrons. The van der Waals surface area contributed by atoms with Crippen LogP contribution in [0.25, 0.3) is 0 Å². The molecule has 0 unspecified atom stereocenters. The molecule has 0 aliphatic rings. The fourth-order valence-corrected chi connectivity index (χ4v) is 1.40. The molecule has 0 aliphatic heterocycles. The number of benzene rings is 1. The van der Waals surface area contributed by atoms with E-state index in [0.717, 1.165) is 0 Å². The topological polar surface area (TPSA) is 60.2 Å². The maximum Gasteiger partial charge on any atom is 0.287 e. The van der Waals surface area contributed by atoms with Gasteiger partial charge in [0.2, 0.25) is 5.24 Å². The van der Waals surface area contributed by atoms with E-state index in [-0.39, 0.29) is 17.1 Å². The van der Waals surface area contributed by atoms with Crippen molar-refractivity contribution in [2.75, 3.05) is 0 Å². The summed E-state index contributed by atoms with van der Waals surface area (Å²) in [6, 6.07) is 4.06. The van der Waals surface area contributed by atoms with Gasteiger partial charge in [-0.3, -0.25) is 14.9 Å². The number of nitrogens with zero attached hydrogens (tertiary/aromatic N) is 1. The van der Waals surface area contributed by atoms with Crippen LogP contribution in [-0.4, -0.2) is 10.2 Å². The maximum absolute atomic E-state index is 10.5. The van der Waals surface area contributed by atoms with Crippen molar-refractivity contribution in [1.29, 1.82) is 0 Å². The van der Waals surface area contributed by atoms with Crippen LogP contribution in [0.5, 0.6) is 0 Å². The predicted octanol–water partition coefficient (Wildman–Crippen LogP) is 2.56. The first-order valence-electron chi connectivity index (χ1n) is 3.62. The van der Waals surface area contributed by atoms with Gasteiger partial charge in [-0.1, -0.05) is 17.7 Å². The van der Waals surface area contributed by atoms with Crippen molar-refractivity contribution in [1.82, 2.24) is 0 Å². The van der Waals surface area contributed by atoms with E-state index in [1.165, 1.54) is 18.2 Å². The molecule has 6 heteroatoms. The Morgan fingerprint density at radius 1 is 1.50 bits per heavy atom. The van der Waals surface area contributed by atoms with Crippen molar-refractivity contribution in [2.45, 2.75) is 6.42 Å². The van der Waals surface area contributed by atoms with Gasteiger partial charge in [0.05, 0.1) is 4.92 Å². The molecule has 0 atom stereocenters. The first-order chi connectivity index (χ1) is 6.50. The zero-order chi connectivity index (χ0) is 10.7. The van der Waals surface area contributed by atoms with Crippen molar-refractivity contribution >= 4 is 34.1 Å². The van der Waals surface area contributed by atoms with Crippen LogP contribution in [0.15, 0.2) is 18.2 Å². The van der Waals surface area contributed by atoms with Crippen LogP contribution >= 0.6 is 23.2 Å². The zero-order valence-electron chi connectivity index (χ0n) is 6.87. The van der Waals surface area contributed by atoms with Crippen LogP contribution in [0.4, 0.5) is 5.69 Å². The fourth-order valence-electron chi connectivity index (χ4n) is 0.969. The number of carbonyl (C=O) groups excluding carboxylic acids is 1. The van der Waals surface area contributed by atoms with E-state index < -0.39 is 10.2 Å². The second-order valence-electron chi connectivity index (χ2n) is 2.57. The lowest BCUT2D eigenvalue weighted by molar-refractivity contribution is -0.384. The Morgan fingerprint density at radius 3 is 2.57 bits per heavy atom. The molecule has 1 rings (SSSR count). The molecule has 0 aliphatic carbocycles. The SMILES string of the molecule is O=C(Cl)Cc1ccc([N+](=O)[O-])c(Cl)c1. The monoisotopic (exact) mass is 233 g/mol. The molecule has 0 bridgehead atoms. The van der Waals surface area contributed by atoms with Crippen LogP contribution in [0.3, 0.4) is 0 Å². The van der Waals surface area contributed by atoms with Gasteiger partial charge in [0.15, 0.2) is 0 Å². The summed E-state index contributed by atoms with van der Waals surface area (Å²) in [4.78, 5) is 20.3. The summed E-state index contributed by atoms with van der Waals surface area (Å²) in [6.45, 7) is 0. The van der Waals surface area contributed by atoms with Gasteiger partial charge < -0.3 is 0 Å². The number of hydrogen-bond donors (Lipinski definition) is 0. The molecule has 14 heavy (non-hydrogen) atoms. The summed E-state index contributed by atoms with van der Waals surface area (Å²) < 4.78 is 0. The van der Waals surface area contributed by atoms with Gasteiger partial charge in [0, 0.05) is 12.5 Å². The van der Waals surface area contributed by atoms with E-state index in [1.807, 2.05) is 0 Å². The average molecular weight is 234 g/mol. The van der Waals surface area contributed by atoms with E-state index >= 15 is 0 Å². The lowest BCUT2D eigenvalue weighted by Crippen LogP contribution is -1.95. The van der Waals surface area contributed by atoms with Gasteiger partial charge in [-0.2, -0.15) is 0 Å². The standard InChI is InChI=1S/C8H5Cl2NO3/c9-6-3-5(4-8(10)12)1-2-7(6)11(13)14/h1-3H,4H2. The number of halogens is 2. The molecule has 0 saturated carbocycles. The Morgan fingerprint density at radius 2 is 2.14 bits per heavy atom. The molecule has 0 saturated heterocycles. The number of hydrogen-bond acceptors (Lipinski definition) is 3. The highest BCUT2D eigenvalue weighted by molar-refractivity contribution is 6.63. The lowest BCUT2D eigenvalue weighted by atomic mass is 10.1. The highest BCUT2D eigenvalue weighted by atomic mass is 35.5. The van der Waals surface area contributed by atoms with Crippen LogP contribution < -0.4 is 0 Å². The number of rotatable bonds is 3. The lowest BCUT2D eigenvalue weighted by Gasteiger charge is -1.98. The molecule has 0 fully saturated rings. The third-order valence-electron chi connectivity index (χ3n) is 1.55. The number of nitro benzene ring substituents is 1. The van der Waals surface area contributed by atoms with Gasteiger partial charge in [-0.25, -0.2) is 0 Å². The second-order valence-corrected chi connectivity index (χ2v) is 3.40. The molecule has 0 aromatic heterocycles.